The topological polar surface area (TPSA) is 68.0 Å². The highest BCUT2D eigenvalue weighted by molar-refractivity contribution is 7.09. The van der Waals surface area contributed by atoms with Gasteiger partial charge in [0.1, 0.15) is 10.7 Å². The van der Waals surface area contributed by atoms with Gasteiger partial charge >= 0.3 is 6.18 Å². The number of hydrogen-bond acceptors (Lipinski definition) is 4. The van der Waals surface area contributed by atoms with Crippen LogP contribution in [0.2, 0.25) is 0 Å². The molecule has 0 fully saturated rings. The summed E-state index contributed by atoms with van der Waals surface area (Å²) < 4.78 is 37.7. The Balaban J connectivity index is 2.15. The maximum absolute atomic E-state index is 12.6. The molecule has 3 N–H and O–H groups in total. The number of nitrogens with two attached hydrogens (primary N) is 1. The largest absolute Gasteiger partial charge is 0.416 e. The number of thiazole rings is 1. The fourth-order valence-corrected chi connectivity index (χ4v) is 2.33. The summed E-state index contributed by atoms with van der Waals surface area (Å²) in [5.74, 6) is -0.572. The molecule has 0 bridgehead atoms. The highest BCUT2D eigenvalue weighted by Crippen LogP contribution is 2.30. The smallest absolute Gasteiger partial charge is 0.322 e. The van der Waals surface area contributed by atoms with E-state index in [9.17, 15) is 18.0 Å². The van der Waals surface area contributed by atoms with Gasteiger partial charge in [0.25, 0.3) is 5.91 Å². The summed E-state index contributed by atoms with van der Waals surface area (Å²) in [4.78, 5) is 16.0. The van der Waals surface area contributed by atoms with E-state index in [0.717, 1.165) is 12.1 Å². The van der Waals surface area contributed by atoms with Gasteiger partial charge in [0.15, 0.2) is 0 Å². The lowest BCUT2D eigenvalue weighted by Crippen LogP contribution is -2.14. The molecule has 0 spiro atoms. The number of benzene rings is 1. The van der Waals surface area contributed by atoms with E-state index >= 15 is 0 Å². The van der Waals surface area contributed by atoms with Crippen LogP contribution < -0.4 is 11.1 Å². The molecular formula is C13H12F3N3OS. The number of carbonyl (C=O) groups is 1. The first-order valence-electron chi connectivity index (χ1n) is 5.97. The van der Waals surface area contributed by atoms with Crippen LogP contribution >= 0.6 is 11.3 Å². The van der Waals surface area contributed by atoms with Crippen molar-refractivity contribution in [3.05, 3.63) is 45.9 Å². The van der Waals surface area contributed by atoms with Crippen molar-refractivity contribution in [3.8, 4) is 0 Å². The van der Waals surface area contributed by atoms with Crippen molar-refractivity contribution in [2.45, 2.75) is 19.1 Å². The zero-order valence-electron chi connectivity index (χ0n) is 10.9. The molecule has 0 aliphatic heterocycles. The highest BCUT2D eigenvalue weighted by Gasteiger charge is 2.30. The van der Waals surface area contributed by atoms with Gasteiger partial charge in [-0.05, 0) is 25.1 Å². The van der Waals surface area contributed by atoms with Gasteiger partial charge in [0.2, 0.25) is 0 Å². The molecular weight excluding hydrogens is 303 g/mol. The molecule has 1 amide bonds. The molecule has 0 aliphatic carbocycles. The van der Waals surface area contributed by atoms with E-state index < -0.39 is 17.6 Å². The van der Waals surface area contributed by atoms with Gasteiger partial charge in [-0.2, -0.15) is 13.2 Å². The van der Waals surface area contributed by atoms with E-state index in [4.69, 9.17) is 5.73 Å². The lowest BCUT2D eigenvalue weighted by atomic mass is 10.2. The summed E-state index contributed by atoms with van der Waals surface area (Å²) in [7, 11) is 0. The number of rotatable bonds is 3. The SMILES string of the molecule is CC(N)c1nc(C(=O)Nc2cccc(C(F)(F)F)c2)cs1. The van der Waals surface area contributed by atoms with Crippen LogP contribution in [0.25, 0.3) is 0 Å². The molecule has 1 aromatic heterocycles. The maximum atomic E-state index is 12.6. The first-order valence-corrected chi connectivity index (χ1v) is 6.85. The number of hydrogen-bond donors (Lipinski definition) is 2. The van der Waals surface area contributed by atoms with Gasteiger partial charge in [-0.25, -0.2) is 4.98 Å². The Labute approximate surface area is 122 Å². The first-order chi connectivity index (χ1) is 9.77. The number of alkyl halides is 3. The Morgan fingerprint density at radius 3 is 2.71 bits per heavy atom. The van der Waals surface area contributed by atoms with Crippen molar-refractivity contribution in [1.29, 1.82) is 0 Å². The molecule has 0 saturated carbocycles. The van der Waals surface area contributed by atoms with Crippen molar-refractivity contribution in [3.63, 3.8) is 0 Å². The Hall–Kier alpha value is -1.93. The number of halogens is 3. The molecule has 1 aromatic carbocycles. The number of carbonyl (C=O) groups excluding carboxylic acids is 1. The van der Waals surface area contributed by atoms with Crippen LogP contribution in [0.1, 0.15) is 34.0 Å². The summed E-state index contributed by atoms with van der Waals surface area (Å²) in [6.45, 7) is 1.73. The minimum atomic E-state index is -4.45. The van der Waals surface area contributed by atoms with E-state index in [1.54, 1.807) is 6.92 Å². The van der Waals surface area contributed by atoms with Gasteiger partial charge in [-0.15, -0.1) is 11.3 Å². The van der Waals surface area contributed by atoms with Gasteiger partial charge in [-0.1, -0.05) is 6.07 Å². The normalized spacial score (nSPS) is 13.0. The predicted molar refractivity (Wildman–Crippen MR) is 74.1 cm³/mol. The molecule has 8 heteroatoms. The van der Waals surface area contributed by atoms with Crippen LogP contribution in [0.15, 0.2) is 29.6 Å². The molecule has 2 aromatic rings. The second-order valence-electron chi connectivity index (χ2n) is 4.39. The van der Waals surface area contributed by atoms with Crippen LogP contribution in [0.4, 0.5) is 18.9 Å². The number of nitrogens with one attached hydrogen (secondary N) is 1. The molecule has 4 nitrogen and oxygen atoms in total. The predicted octanol–water partition coefficient (Wildman–Crippen LogP) is 3.43. The van der Waals surface area contributed by atoms with Gasteiger partial charge in [0.05, 0.1) is 11.6 Å². The molecule has 0 aliphatic rings. The fraction of sp³-hybridized carbons (Fsp3) is 0.231. The minimum Gasteiger partial charge on any atom is -0.322 e. The van der Waals surface area contributed by atoms with Crippen molar-refractivity contribution < 1.29 is 18.0 Å². The lowest BCUT2D eigenvalue weighted by molar-refractivity contribution is -0.137. The Morgan fingerprint density at radius 1 is 1.43 bits per heavy atom. The van der Waals surface area contributed by atoms with E-state index in [2.05, 4.69) is 10.3 Å². The average molecular weight is 315 g/mol. The third kappa shape index (κ3) is 3.79. The molecule has 1 unspecified atom stereocenters. The number of anilines is 1. The van der Waals surface area contributed by atoms with E-state index in [1.807, 2.05) is 0 Å². The number of nitrogens with zero attached hydrogens (tertiary/aromatic N) is 1. The molecule has 2 rings (SSSR count). The maximum Gasteiger partial charge on any atom is 0.416 e. The fourth-order valence-electron chi connectivity index (χ4n) is 1.57. The van der Waals surface area contributed by atoms with Gasteiger partial charge < -0.3 is 11.1 Å². The second kappa shape index (κ2) is 5.82. The Morgan fingerprint density at radius 2 is 2.14 bits per heavy atom. The van der Waals surface area contributed by atoms with E-state index in [-0.39, 0.29) is 17.4 Å². The monoisotopic (exact) mass is 315 g/mol. The quantitative estimate of drug-likeness (QED) is 0.912. The number of aromatic nitrogens is 1. The third-order valence-electron chi connectivity index (χ3n) is 2.59. The van der Waals surface area contributed by atoms with Crippen molar-refractivity contribution in [1.82, 2.24) is 4.98 Å². The van der Waals surface area contributed by atoms with Gasteiger partial charge in [-0.3, -0.25) is 4.79 Å². The van der Waals surface area contributed by atoms with Crippen LogP contribution in [0.3, 0.4) is 0 Å². The van der Waals surface area contributed by atoms with Crippen LogP contribution in [-0.2, 0) is 6.18 Å². The summed E-state index contributed by atoms with van der Waals surface area (Å²) in [5, 5.41) is 4.49. The van der Waals surface area contributed by atoms with Crippen molar-refractivity contribution in [2.24, 2.45) is 5.73 Å². The van der Waals surface area contributed by atoms with Crippen molar-refractivity contribution >= 4 is 22.9 Å². The average Bonchev–Trinajstić information content (AvgIpc) is 2.88. The standard InChI is InChI=1S/C13H12F3N3OS/c1-7(17)12-19-10(6-21-12)11(20)18-9-4-2-3-8(5-9)13(14,15)16/h2-7H,17H2,1H3,(H,18,20). The summed E-state index contributed by atoms with van der Waals surface area (Å²) in [6, 6.07) is 4.12. The molecule has 112 valence electrons. The van der Waals surface area contributed by atoms with E-state index in [0.29, 0.717) is 5.01 Å². The zero-order valence-corrected chi connectivity index (χ0v) is 11.8. The zero-order chi connectivity index (χ0) is 15.6. The second-order valence-corrected chi connectivity index (χ2v) is 5.28. The van der Waals surface area contributed by atoms with E-state index in [1.165, 1.54) is 28.8 Å². The first kappa shape index (κ1) is 15.5. The number of amides is 1. The van der Waals surface area contributed by atoms with Crippen LogP contribution in [0, 0.1) is 0 Å². The van der Waals surface area contributed by atoms with Crippen molar-refractivity contribution in [2.75, 3.05) is 5.32 Å². The molecule has 1 atom stereocenters. The summed E-state index contributed by atoms with van der Waals surface area (Å²) >= 11 is 1.23. The Kier molecular flexibility index (Phi) is 4.29. The Bertz CT molecular complexity index is 652. The minimum absolute atomic E-state index is 0.0603. The molecule has 0 saturated heterocycles. The molecule has 0 radical (unpaired) electrons. The molecule has 1 heterocycles. The lowest BCUT2D eigenvalue weighted by Gasteiger charge is -2.09. The van der Waals surface area contributed by atoms with Crippen LogP contribution in [0.5, 0.6) is 0 Å². The summed E-state index contributed by atoms with van der Waals surface area (Å²) in [6.07, 6.45) is -4.45. The van der Waals surface area contributed by atoms with Gasteiger partial charge in [0, 0.05) is 11.1 Å². The third-order valence-corrected chi connectivity index (χ3v) is 3.64. The summed E-state index contributed by atoms with van der Waals surface area (Å²) in [5.41, 5.74) is 5.00. The molecule has 21 heavy (non-hydrogen) atoms. The van der Waals surface area contributed by atoms with Crippen LogP contribution in [-0.4, -0.2) is 10.9 Å². The highest BCUT2D eigenvalue weighted by atomic mass is 32.1.